The number of benzene rings is 2. The Labute approximate surface area is 161 Å². The lowest BCUT2D eigenvalue weighted by Gasteiger charge is -2.17. The van der Waals surface area contributed by atoms with Gasteiger partial charge in [-0.1, -0.05) is 22.0 Å². The number of nitrogens with one attached hydrogen (secondary N) is 3. The molecule has 0 spiro atoms. The quantitative estimate of drug-likeness (QED) is 0.610. The number of amides is 2. The van der Waals surface area contributed by atoms with Crippen LogP contribution < -0.4 is 20.3 Å². The van der Waals surface area contributed by atoms with Gasteiger partial charge >= 0.3 is 0 Å². The minimum absolute atomic E-state index is 0.128. The highest BCUT2D eigenvalue weighted by molar-refractivity contribution is 9.10. The van der Waals surface area contributed by atoms with E-state index in [1.54, 1.807) is 31.4 Å². The summed E-state index contributed by atoms with van der Waals surface area (Å²) in [5, 5.41) is 5.68. The Hall–Kier alpha value is -2.38. The van der Waals surface area contributed by atoms with E-state index in [1.165, 1.54) is 0 Å². The second-order valence-corrected chi connectivity index (χ2v) is 6.71. The Balaban J connectivity index is 1.85. The minimum atomic E-state index is -0.137. The van der Waals surface area contributed by atoms with Crippen LogP contribution in [0.4, 0.5) is 11.4 Å². The molecule has 6 nitrogen and oxygen atoms in total. The molecule has 0 fully saturated rings. The normalized spacial score (nSPS) is 11.5. The first-order valence-corrected chi connectivity index (χ1v) is 9.12. The second-order valence-electron chi connectivity index (χ2n) is 5.79. The van der Waals surface area contributed by atoms with Crippen molar-refractivity contribution in [3.63, 3.8) is 0 Å². The fourth-order valence-electron chi connectivity index (χ4n) is 2.42. The first-order valence-electron chi connectivity index (χ1n) is 8.33. The van der Waals surface area contributed by atoms with E-state index in [0.29, 0.717) is 12.2 Å². The molecule has 138 valence electrons. The highest BCUT2D eigenvalue weighted by Crippen LogP contribution is 2.15. The van der Waals surface area contributed by atoms with E-state index < -0.39 is 0 Å². The maximum Gasteiger partial charge on any atom is 0.279 e. The van der Waals surface area contributed by atoms with Gasteiger partial charge in [0.05, 0.1) is 13.7 Å². The van der Waals surface area contributed by atoms with E-state index in [0.717, 1.165) is 20.8 Å². The Morgan fingerprint density at radius 3 is 2.15 bits per heavy atom. The lowest BCUT2D eigenvalue weighted by atomic mass is 10.3. The zero-order valence-corrected chi connectivity index (χ0v) is 16.4. The SMILES string of the molecule is CC[NH+](CC(=O)Nc1ccc(OC)cc1)CC(=O)Nc1cccc(Br)c1. The number of hydrogen-bond acceptors (Lipinski definition) is 3. The highest BCUT2D eigenvalue weighted by atomic mass is 79.9. The van der Waals surface area contributed by atoms with Crippen LogP contribution in [0.2, 0.25) is 0 Å². The van der Waals surface area contributed by atoms with Crippen molar-refractivity contribution in [3.8, 4) is 5.75 Å². The number of anilines is 2. The summed E-state index contributed by atoms with van der Waals surface area (Å²) in [5.41, 5.74) is 1.42. The maximum atomic E-state index is 12.2. The van der Waals surface area contributed by atoms with E-state index in [-0.39, 0.29) is 24.9 Å². The van der Waals surface area contributed by atoms with E-state index in [4.69, 9.17) is 4.74 Å². The van der Waals surface area contributed by atoms with Gasteiger partial charge in [-0.2, -0.15) is 0 Å². The van der Waals surface area contributed by atoms with Gasteiger partial charge < -0.3 is 20.3 Å². The molecule has 2 amide bonds. The van der Waals surface area contributed by atoms with Gasteiger partial charge in [0.25, 0.3) is 11.8 Å². The molecule has 0 bridgehead atoms. The molecule has 2 rings (SSSR count). The molecular formula is C19H23BrN3O3+. The summed E-state index contributed by atoms with van der Waals surface area (Å²) in [4.78, 5) is 25.3. The number of methoxy groups -OCH3 is 1. The molecule has 0 aliphatic carbocycles. The van der Waals surface area contributed by atoms with Crippen LogP contribution in [-0.2, 0) is 9.59 Å². The van der Waals surface area contributed by atoms with Gasteiger partial charge in [0.15, 0.2) is 13.1 Å². The Morgan fingerprint density at radius 1 is 1.00 bits per heavy atom. The molecular weight excluding hydrogens is 398 g/mol. The molecule has 1 unspecified atom stereocenters. The number of ether oxygens (including phenoxy) is 1. The molecule has 2 aromatic carbocycles. The van der Waals surface area contributed by atoms with Crippen LogP contribution in [0.5, 0.6) is 5.75 Å². The Kier molecular flexibility index (Phi) is 7.62. The summed E-state index contributed by atoms with van der Waals surface area (Å²) in [6.07, 6.45) is 0. The first kappa shape index (κ1) is 19.9. The Morgan fingerprint density at radius 2 is 1.62 bits per heavy atom. The third-order valence-electron chi connectivity index (χ3n) is 3.80. The lowest BCUT2D eigenvalue weighted by Crippen LogP contribution is -3.13. The predicted octanol–water partition coefficient (Wildman–Crippen LogP) is 1.94. The van der Waals surface area contributed by atoms with Gasteiger partial charge in [0.1, 0.15) is 5.75 Å². The van der Waals surface area contributed by atoms with Gasteiger partial charge in [-0.05, 0) is 49.4 Å². The third kappa shape index (κ3) is 6.50. The number of carbonyl (C=O) groups is 2. The first-order chi connectivity index (χ1) is 12.5. The van der Waals surface area contributed by atoms with Crippen LogP contribution in [0, 0.1) is 0 Å². The number of likely N-dealkylation sites (N-methyl/N-ethyl adjacent to an activating group) is 1. The third-order valence-corrected chi connectivity index (χ3v) is 4.30. The van der Waals surface area contributed by atoms with Crippen molar-refractivity contribution >= 4 is 39.1 Å². The Bertz CT molecular complexity index is 750. The molecule has 0 heterocycles. The lowest BCUT2D eigenvalue weighted by molar-refractivity contribution is -0.881. The molecule has 2 aromatic rings. The maximum absolute atomic E-state index is 12.2. The van der Waals surface area contributed by atoms with Gasteiger partial charge in [0, 0.05) is 15.8 Å². The number of halogens is 1. The molecule has 1 atom stereocenters. The molecule has 3 N–H and O–H groups in total. The summed E-state index contributed by atoms with van der Waals surface area (Å²) < 4.78 is 5.99. The van der Waals surface area contributed by atoms with Crippen molar-refractivity contribution in [2.75, 3.05) is 37.4 Å². The predicted molar refractivity (Wildman–Crippen MR) is 106 cm³/mol. The topological polar surface area (TPSA) is 71.9 Å². The van der Waals surface area contributed by atoms with Crippen molar-refractivity contribution in [2.24, 2.45) is 0 Å². The molecule has 0 radical (unpaired) electrons. The van der Waals surface area contributed by atoms with Crippen LogP contribution in [0.25, 0.3) is 0 Å². The van der Waals surface area contributed by atoms with Crippen LogP contribution in [-0.4, -0.2) is 38.6 Å². The van der Waals surface area contributed by atoms with Gasteiger partial charge in [-0.25, -0.2) is 0 Å². The van der Waals surface area contributed by atoms with Gasteiger partial charge in [-0.15, -0.1) is 0 Å². The molecule has 7 heteroatoms. The van der Waals surface area contributed by atoms with Crippen LogP contribution in [0.15, 0.2) is 53.0 Å². The fraction of sp³-hybridized carbons (Fsp3) is 0.263. The van der Waals surface area contributed by atoms with Gasteiger partial charge in [-0.3, -0.25) is 9.59 Å². The molecule has 0 saturated carbocycles. The van der Waals surface area contributed by atoms with Crippen molar-refractivity contribution < 1.29 is 19.2 Å². The zero-order valence-electron chi connectivity index (χ0n) is 14.8. The van der Waals surface area contributed by atoms with Crippen LogP contribution in [0.3, 0.4) is 0 Å². The molecule has 0 aliphatic rings. The van der Waals surface area contributed by atoms with Crippen molar-refractivity contribution in [1.82, 2.24) is 0 Å². The van der Waals surface area contributed by atoms with Crippen molar-refractivity contribution in [2.45, 2.75) is 6.92 Å². The number of quaternary nitrogens is 1. The standard InChI is InChI=1S/C19H22BrN3O3/c1-3-23(13-19(25)22-16-6-4-5-14(20)11-16)12-18(24)21-15-7-9-17(26-2)10-8-15/h4-11H,3,12-13H2,1-2H3,(H,21,24)(H,22,25)/p+1. The summed E-state index contributed by atoms with van der Waals surface area (Å²) in [6.45, 7) is 3.05. The molecule has 0 saturated heterocycles. The number of carbonyl (C=O) groups excluding carboxylic acids is 2. The largest absolute Gasteiger partial charge is 0.497 e. The summed E-state index contributed by atoms with van der Waals surface area (Å²) >= 11 is 3.37. The van der Waals surface area contributed by atoms with E-state index >= 15 is 0 Å². The summed E-state index contributed by atoms with van der Waals surface area (Å²) in [6, 6.07) is 14.5. The van der Waals surface area contributed by atoms with Crippen LogP contribution >= 0.6 is 15.9 Å². The van der Waals surface area contributed by atoms with E-state index in [9.17, 15) is 9.59 Å². The zero-order chi connectivity index (χ0) is 18.9. The van der Waals surface area contributed by atoms with Crippen LogP contribution in [0.1, 0.15) is 6.92 Å². The fourth-order valence-corrected chi connectivity index (χ4v) is 2.82. The molecule has 0 aliphatic heterocycles. The van der Waals surface area contributed by atoms with E-state index in [1.807, 2.05) is 31.2 Å². The average molecular weight is 421 g/mol. The van der Waals surface area contributed by atoms with Gasteiger partial charge in [0.2, 0.25) is 0 Å². The number of rotatable bonds is 8. The average Bonchev–Trinajstić information content (AvgIpc) is 2.61. The highest BCUT2D eigenvalue weighted by Gasteiger charge is 2.17. The van der Waals surface area contributed by atoms with Crippen molar-refractivity contribution in [1.29, 1.82) is 0 Å². The number of hydrogen-bond donors (Lipinski definition) is 3. The van der Waals surface area contributed by atoms with E-state index in [2.05, 4.69) is 26.6 Å². The second kappa shape index (κ2) is 9.94. The smallest absolute Gasteiger partial charge is 0.279 e. The summed E-state index contributed by atoms with van der Waals surface area (Å²) in [7, 11) is 1.59. The summed E-state index contributed by atoms with van der Waals surface area (Å²) in [5.74, 6) is 0.465. The van der Waals surface area contributed by atoms with Crippen molar-refractivity contribution in [3.05, 3.63) is 53.0 Å². The minimum Gasteiger partial charge on any atom is -0.497 e. The molecule has 26 heavy (non-hydrogen) atoms. The monoisotopic (exact) mass is 420 g/mol. The molecule has 0 aromatic heterocycles.